The number of amides is 1. The molecule has 1 aliphatic heterocycles. The third kappa shape index (κ3) is 4.92. The number of carbonyl (C=O) groups excluding carboxylic acids is 1. The van der Waals surface area contributed by atoms with Gasteiger partial charge < -0.3 is 10.1 Å². The summed E-state index contributed by atoms with van der Waals surface area (Å²) >= 11 is 6.06. The number of hydrogen-bond donors (Lipinski definition) is 0. The van der Waals surface area contributed by atoms with E-state index in [1.165, 1.54) is 16.7 Å². The van der Waals surface area contributed by atoms with Crippen LogP contribution in [0.2, 0.25) is 5.02 Å². The molecule has 5 rings (SSSR count). The number of piperazine rings is 1. The first-order valence-corrected chi connectivity index (χ1v) is 13.7. The second-order valence-corrected chi connectivity index (χ2v) is 12.2. The van der Waals surface area contributed by atoms with Crippen LogP contribution in [0, 0.1) is 5.21 Å². The zero-order valence-electron chi connectivity index (χ0n) is 20.5. The molecule has 1 saturated heterocycles. The number of benzene rings is 3. The van der Waals surface area contributed by atoms with Crippen LogP contribution in [0.3, 0.4) is 0 Å². The highest BCUT2D eigenvalue weighted by molar-refractivity contribution is 7.89. The van der Waals surface area contributed by atoms with E-state index < -0.39 is 15.6 Å². The van der Waals surface area contributed by atoms with E-state index >= 15 is 0 Å². The van der Waals surface area contributed by atoms with Gasteiger partial charge in [-0.1, -0.05) is 35.9 Å². The molecule has 0 unspecified atom stereocenters. The van der Waals surface area contributed by atoms with Crippen LogP contribution in [0.1, 0.15) is 24.2 Å². The summed E-state index contributed by atoms with van der Waals surface area (Å²) < 4.78 is 29.2. The Morgan fingerprint density at radius 1 is 0.892 bits per heavy atom. The van der Waals surface area contributed by atoms with Gasteiger partial charge in [-0.15, -0.1) is 0 Å². The van der Waals surface area contributed by atoms with Crippen molar-refractivity contribution >= 4 is 38.3 Å². The van der Waals surface area contributed by atoms with Crippen LogP contribution in [0.5, 0.6) is 0 Å². The Hall–Kier alpha value is -3.46. The Balaban J connectivity index is 1.34. The molecule has 0 N–H and O–H groups in total. The van der Waals surface area contributed by atoms with Gasteiger partial charge in [0.1, 0.15) is 0 Å². The summed E-state index contributed by atoms with van der Waals surface area (Å²) in [6.45, 7) is 4.42. The number of aromatic nitrogens is 1. The fraction of sp³-hybridized carbons (Fsp3) is 0.214. The van der Waals surface area contributed by atoms with Crippen molar-refractivity contribution in [2.75, 3.05) is 19.6 Å². The molecule has 1 fully saturated rings. The summed E-state index contributed by atoms with van der Waals surface area (Å²) in [6.07, 6.45) is 2.86. The zero-order chi connectivity index (χ0) is 26.4. The first kappa shape index (κ1) is 25.2. The molecule has 190 valence electrons. The number of pyridine rings is 1. The molecular formula is C28H26ClN3O4S. The van der Waals surface area contributed by atoms with Crippen molar-refractivity contribution in [3.8, 4) is 11.1 Å². The highest BCUT2D eigenvalue weighted by Crippen LogP contribution is 2.30. The Bertz CT molecular complexity index is 1590. The van der Waals surface area contributed by atoms with Crippen molar-refractivity contribution in [3.63, 3.8) is 0 Å². The quantitative estimate of drug-likeness (QED) is 0.279. The van der Waals surface area contributed by atoms with Gasteiger partial charge in [-0.25, -0.2) is 8.42 Å². The largest absolute Gasteiger partial charge is 0.619 e. The standard InChI is InChI=1S/C28H26ClN3O4S/c1-28(2)19-31(37(35,36)26-10-8-23-17-25(29)9-7-24(23)18-26)15-16-32(28)27(33)22-5-3-20(4-6-22)21-11-13-30(34)14-12-21/h3-14,17-18H,15-16,19H2,1-2H3. The van der Waals surface area contributed by atoms with Crippen molar-refractivity contribution in [3.05, 3.63) is 101 Å². The van der Waals surface area contributed by atoms with Gasteiger partial charge in [0.05, 0.1) is 10.4 Å². The minimum atomic E-state index is -3.75. The maximum absolute atomic E-state index is 13.5. The summed E-state index contributed by atoms with van der Waals surface area (Å²) in [5.41, 5.74) is 1.58. The first-order chi connectivity index (χ1) is 17.5. The number of hydrogen-bond acceptors (Lipinski definition) is 4. The van der Waals surface area contributed by atoms with Crippen LogP contribution in [0.4, 0.5) is 0 Å². The van der Waals surface area contributed by atoms with E-state index in [-0.39, 0.29) is 30.4 Å². The van der Waals surface area contributed by atoms with E-state index in [0.717, 1.165) is 26.6 Å². The van der Waals surface area contributed by atoms with Crippen molar-refractivity contribution in [2.45, 2.75) is 24.3 Å². The topological polar surface area (TPSA) is 84.6 Å². The summed E-state index contributed by atoms with van der Waals surface area (Å²) in [7, 11) is -3.75. The SMILES string of the molecule is CC1(C)CN(S(=O)(=O)c2ccc3cc(Cl)ccc3c2)CCN1C(=O)c1ccc(-c2cc[n+]([O-])cc2)cc1. The molecule has 1 amide bonds. The lowest BCUT2D eigenvalue weighted by Crippen LogP contribution is -2.61. The molecule has 0 bridgehead atoms. The van der Waals surface area contributed by atoms with Gasteiger partial charge in [-0.3, -0.25) is 4.79 Å². The number of carbonyl (C=O) groups is 1. The number of nitrogens with zero attached hydrogens (tertiary/aromatic N) is 3. The zero-order valence-corrected chi connectivity index (χ0v) is 22.0. The Morgan fingerprint density at radius 3 is 2.19 bits per heavy atom. The van der Waals surface area contributed by atoms with Gasteiger partial charge in [0.25, 0.3) is 5.91 Å². The van der Waals surface area contributed by atoms with Crippen LogP contribution < -0.4 is 4.73 Å². The van der Waals surface area contributed by atoms with Crippen LogP contribution in [0.25, 0.3) is 21.9 Å². The maximum atomic E-state index is 13.5. The minimum absolute atomic E-state index is 0.151. The molecule has 2 heterocycles. The third-order valence-electron chi connectivity index (χ3n) is 6.79. The second kappa shape index (κ2) is 9.45. The first-order valence-electron chi connectivity index (χ1n) is 11.9. The van der Waals surface area contributed by atoms with Gasteiger partial charge >= 0.3 is 0 Å². The number of halogens is 1. The molecule has 1 aromatic heterocycles. The average Bonchev–Trinajstić information content (AvgIpc) is 2.88. The molecule has 0 saturated carbocycles. The van der Waals surface area contributed by atoms with Crippen molar-refractivity contribution in [1.29, 1.82) is 0 Å². The molecule has 3 aromatic carbocycles. The van der Waals surface area contributed by atoms with Gasteiger partial charge in [-0.2, -0.15) is 9.04 Å². The average molecular weight is 536 g/mol. The Kier molecular flexibility index (Phi) is 6.43. The lowest BCUT2D eigenvalue weighted by Gasteiger charge is -2.46. The Labute approximate surface area is 221 Å². The maximum Gasteiger partial charge on any atom is 0.254 e. The summed E-state index contributed by atoms with van der Waals surface area (Å²) in [6, 6.07) is 21.0. The van der Waals surface area contributed by atoms with Crippen molar-refractivity contribution in [1.82, 2.24) is 9.21 Å². The number of sulfonamides is 1. The van der Waals surface area contributed by atoms with E-state index in [1.54, 1.807) is 65.6 Å². The summed E-state index contributed by atoms with van der Waals surface area (Å²) in [4.78, 5) is 15.4. The molecule has 0 radical (unpaired) electrons. The minimum Gasteiger partial charge on any atom is -0.619 e. The van der Waals surface area contributed by atoms with E-state index in [2.05, 4.69) is 0 Å². The highest BCUT2D eigenvalue weighted by atomic mass is 35.5. The second-order valence-electron chi connectivity index (χ2n) is 9.79. The van der Waals surface area contributed by atoms with Gasteiger partial charge in [0.2, 0.25) is 10.0 Å². The Morgan fingerprint density at radius 2 is 1.51 bits per heavy atom. The molecule has 4 aromatic rings. The van der Waals surface area contributed by atoms with E-state index in [1.807, 2.05) is 26.0 Å². The van der Waals surface area contributed by atoms with Gasteiger partial charge in [0, 0.05) is 42.4 Å². The van der Waals surface area contributed by atoms with Crippen LogP contribution >= 0.6 is 11.6 Å². The number of fused-ring (bicyclic) bond motifs is 1. The third-order valence-corrected chi connectivity index (χ3v) is 8.87. The fourth-order valence-electron chi connectivity index (χ4n) is 4.76. The lowest BCUT2D eigenvalue weighted by atomic mass is 9.98. The fourth-order valence-corrected chi connectivity index (χ4v) is 6.56. The van der Waals surface area contributed by atoms with Crippen LogP contribution in [0.15, 0.2) is 90.1 Å². The molecular weight excluding hydrogens is 510 g/mol. The lowest BCUT2D eigenvalue weighted by molar-refractivity contribution is -0.605. The van der Waals surface area contributed by atoms with E-state index in [9.17, 15) is 18.4 Å². The summed E-state index contributed by atoms with van der Waals surface area (Å²) in [5, 5.41) is 13.5. The predicted octanol–water partition coefficient (Wildman–Crippen LogP) is 4.72. The monoisotopic (exact) mass is 535 g/mol. The van der Waals surface area contributed by atoms with Crippen molar-refractivity contribution < 1.29 is 17.9 Å². The smallest absolute Gasteiger partial charge is 0.254 e. The van der Waals surface area contributed by atoms with Crippen molar-refractivity contribution in [2.24, 2.45) is 0 Å². The molecule has 0 atom stereocenters. The molecule has 37 heavy (non-hydrogen) atoms. The van der Waals surface area contributed by atoms with Gasteiger partial charge in [0.15, 0.2) is 12.4 Å². The van der Waals surface area contributed by atoms with E-state index in [4.69, 9.17) is 11.6 Å². The molecule has 9 heteroatoms. The van der Waals surface area contributed by atoms with E-state index in [0.29, 0.717) is 10.6 Å². The predicted molar refractivity (Wildman–Crippen MR) is 144 cm³/mol. The molecule has 1 aliphatic rings. The molecule has 7 nitrogen and oxygen atoms in total. The normalized spacial score (nSPS) is 16.1. The molecule has 0 spiro atoms. The van der Waals surface area contributed by atoms with Gasteiger partial charge in [-0.05, 0) is 72.1 Å². The number of rotatable bonds is 4. The molecule has 0 aliphatic carbocycles. The summed E-state index contributed by atoms with van der Waals surface area (Å²) in [5.74, 6) is -0.151. The highest BCUT2D eigenvalue weighted by Gasteiger charge is 2.41. The van der Waals surface area contributed by atoms with Crippen LogP contribution in [-0.4, -0.2) is 48.7 Å². The van der Waals surface area contributed by atoms with Crippen LogP contribution in [-0.2, 0) is 10.0 Å².